The summed E-state index contributed by atoms with van der Waals surface area (Å²) in [6.45, 7) is 4.51. The zero-order valence-corrected chi connectivity index (χ0v) is 14.2. The van der Waals surface area contributed by atoms with Gasteiger partial charge in [-0.15, -0.1) is 0 Å². The van der Waals surface area contributed by atoms with Gasteiger partial charge in [0.1, 0.15) is 0 Å². The molecule has 0 atom stereocenters. The van der Waals surface area contributed by atoms with Gasteiger partial charge in [-0.25, -0.2) is 0 Å². The molecule has 3 rings (SSSR count). The molecule has 0 aromatic heterocycles. The van der Waals surface area contributed by atoms with E-state index in [9.17, 15) is 14.9 Å². The van der Waals surface area contributed by atoms with E-state index in [4.69, 9.17) is 14.2 Å². The Morgan fingerprint density at radius 2 is 2.00 bits per heavy atom. The van der Waals surface area contributed by atoms with Crippen LogP contribution >= 0.6 is 0 Å². The van der Waals surface area contributed by atoms with Crippen LogP contribution in [-0.2, 0) is 9.47 Å². The summed E-state index contributed by atoms with van der Waals surface area (Å²) >= 11 is 0. The number of nitro benzene ring substituents is 1. The molecule has 8 heteroatoms. The molecule has 1 amide bonds. The van der Waals surface area contributed by atoms with Crippen LogP contribution in [0.25, 0.3) is 0 Å². The molecule has 0 unspecified atom stereocenters. The van der Waals surface area contributed by atoms with Crippen molar-refractivity contribution in [3.63, 3.8) is 0 Å². The lowest BCUT2D eigenvalue weighted by Gasteiger charge is -2.33. The van der Waals surface area contributed by atoms with Crippen LogP contribution in [0.4, 0.5) is 5.69 Å². The van der Waals surface area contributed by atoms with Crippen molar-refractivity contribution in [3.05, 3.63) is 33.9 Å². The number of ether oxygens (including phenoxy) is 3. The van der Waals surface area contributed by atoms with Crippen molar-refractivity contribution in [2.75, 3.05) is 32.9 Å². The van der Waals surface area contributed by atoms with Gasteiger partial charge in [-0.05, 0) is 31.9 Å². The number of carbonyl (C=O) groups is 1. The van der Waals surface area contributed by atoms with Gasteiger partial charge in [0.25, 0.3) is 5.91 Å². The number of nitro groups is 1. The fourth-order valence-corrected chi connectivity index (χ4v) is 3.28. The second kappa shape index (κ2) is 7.79. The van der Waals surface area contributed by atoms with Crippen molar-refractivity contribution in [1.29, 1.82) is 0 Å². The highest BCUT2D eigenvalue weighted by molar-refractivity contribution is 5.95. The van der Waals surface area contributed by atoms with E-state index in [1.165, 1.54) is 12.1 Å². The van der Waals surface area contributed by atoms with E-state index in [1.54, 1.807) is 17.9 Å². The molecule has 0 radical (unpaired) electrons. The molecule has 0 saturated carbocycles. The number of piperidine rings is 1. The summed E-state index contributed by atoms with van der Waals surface area (Å²) in [6, 6.07) is 4.36. The summed E-state index contributed by atoms with van der Waals surface area (Å²) in [5, 5.41) is 11.2. The molecule has 1 aromatic rings. The molecule has 25 heavy (non-hydrogen) atoms. The molecular weight excluding hydrogens is 328 g/mol. The Labute approximate surface area is 145 Å². The van der Waals surface area contributed by atoms with Crippen molar-refractivity contribution >= 4 is 11.6 Å². The predicted octanol–water partition coefficient (Wildman–Crippen LogP) is 2.22. The van der Waals surface area contributed by atoms with E-state index in [1.807, 2.05) is 0 Å². The number of hydrogen-bond acceptors (Lipinski definition) is 6. The fraction of sp³-hybridized carbons (Fsp3) is 0.588. The minimum atomic E-state index is -0.525. The summed E-state index contributed by atoms with van der Waals surface area (Å²) in [6.07, 6.45) is 1.44. The highest BCUT2D eigenvalue weighted by Gasteiger charge is 2.32. The number of benzene rings is 1. The van der Waals surface area contributed by atoms with Gasteiger partial charge in [0, 0.05) is 30.6 Å². The van der Waals surface area contributed by atoms with Gasteiger partial charge >= 0.3 is 5.69 Å². The van der Waals surface area contributed by atoms with Crippen LogP contribution in [0, 0.1) is 16.0 Å². The second-order valence-electron chi connectivity index (χ2n) is 6.11. The van der Waals surface area contributed by atoms with Crippen LogP contribution in [0.5, 0.6) is 5.75 Å². The zero-order valence-electron chi connectivity index (χ0n) is 14.2. The maximum atomic E-state index is 12.7. The van der Waals surface area contributed by atoms with Gasteiger partial charge in [-0.2, -0.15) is 0 Å². The lowest BCUT2D eigenvalue weighted by Crippen LogP contribution is -2.41. The van der Waals surface area contributed by atoms with Crippen LogP contribution in [0.3, 0.4) is 0 Å². The SMILES string of the molecule is CCOc1ccc(C(=O)N2CCC(C3OCCO3)CC2)cc1[N+](=O)[O-]. The molecule has 0 N–H and O–H groups in total. The van der Waals surface area contributed by atoms with Crippen LogP contribution < -0.4 is 4.74 Å². The predicted molar refractivity (Wildman–Crippen MR) is 88.6 cm³/mol. The Kier molecular flexibility index (Phi) is 5.50. The highest BCUT2D eigenvalue weighted by Crippen LogP contribution is 2.30. The number of rotatable bonds is 5. The van der Waals surface area contributed by atoms with Crippen molar-refractivity contribution < 1.29 is 23.9 Å². The Bertz CT molecular complexity index is 636. The quantitative estimate of drug-likeness (QED) is 0.597. The summed E-state index contributed by atoms with van der Waals surface area (Å²) in [5.41, 5.74) is 0.123. The Morgan fingerprint density at radius 1 is 1.32 bits per heavy atom. The molecule has 1 aromatic carbocycles. The van der Waals surface area contributed by atoms with Crippen molar-refractivity contribution in [2.45, 2.75) is 26.1 Å². The lowest BCUT2D eigenvalue weighted by atomic mass is 9.95. The highest BCUT2D eigenvalue weighted by atomic mass is 16.7. The van der Waals surface area contributed by atoms with E-state index in [0.29, 0.717) is 44.4 Å². The van der Waals surface area contributed by atoms with Crippen LogP contribution in [0.2, 0.25) is 0 Å². The summed E-state index contributed by atoms with van der Waals surface area (Å²) in [7, 11) is 0. The molecule has 2 aliphatic heterocycles. The molecular formula is C17H22N2O6. The molecule has 2 heterocycles. The standard InChI is InChI=1S/C17H22N2O6/c1-2-23-15-4-3-13(11-14(15)19(21)22)16(20)18-7-5-12(6-8-18)17-24-9-10-25-17/h3-4,11-12,17H,2,5-10H2,1H3. The first-order chi connectivity index (χ1) is 12.1. The fourth-order valence-electron chi connectivity index (χ4n) is 3.28. The van der Waals surface area contributed by atoms with E-state index >= 15 is 0 Å². The van der Waals surface area contributed by atoms with Gasteiger partial charge in [0.05, 0.1) is 24.7 Å². The van der Waals surface area contributed by atoms with Gasteiger partial charge < -0.3 is 19.1 Å². The Morgan fingerprint density at radius 3 is 2.60 bits per heavy atom. The van der Waals surface area contributed by atoms with E-state index in [2.05, 4.69) is 0 Å². The molecule has 0 bridgehead atoms. The van der Waals surface area contributed by atoms with E-state index in [0.717, 1.165) is 12.8 Å². The molecule has 2 aliphatic rings. The molecule has 0 spiro atoms. The molecule has 2 saturated heterocycles. The number of carbonyl (C=O) groups excluding carboxylic acids is 1. The number of likely N-dealkylation sites (tertiary alicyclic amines) is 1. The first-order valence-electron chi connectivity index (χ1n) is 8.54. The average Bonchev–Trinajstić information content (AvgIpc) is 3.16. The third-order valence-electron chi connectivity index (χ3n) is 4.56. The third kappa shape index (κ3) is 3.91. The van der Waals surface area contributed by atoms with Gasteiger partial charge in [-0.1, -0.05) is 0 Å². The van der Waals surface area contributed by atoms with Gasteiger partial charge in [0.15, 0.2) is 12.0 Å². The second-order valence-corrected chi connectivity index (χ2v) is 6.11. The maximum absolute atomic E-state index is 12.7. The average molecular weight is 350 g/mol. The van der Waals surface area contributed by atoms with E-state index < -0.39 is 4.92 Å². The van der Waals surface area contributed by atoms with Gasteiger partial charge in [0.2, 0.25) is 0 Å². The van der Waals surface area contributed by atoms with Crippen LogP contribution in [0.15, 0.2) is 18.2 Å². The molecule has 8 nitrogen and oxygen atoms in total. The van der Waals surface area contributed by atoms with Gasteiger partial charge in [-0.3, -0.25) is 14.9 Å². The number of nitrogens with zero attached hydrogens (tertiary/aromatic N) is 2. The molecule has 136 valence electrons. The lowest BCUT2D eigenvalue weighted by molar-refractivity contribution is -0.385. The maximum Gasteiger partial charge on any atom is 0.311 e. The summed E-state index contributed by atoms with van der Waals surface area (Å²) < 4.78 is 16.3. The molecule has 2 fully saturated rings. The van der Waals surface area contributed by atoms with Crippen LogP contribution in [0.1, 0.15) is 30.1 Å². The smallest absolute Gasteiger partial charge is 0.311 e. The topological polar surface area (TPSA) is 91.1 Å². The largest absolute Gasteiger partial charge is 0.487 e. The minimum absolute atomic E-state index is 0.163. The summed E-state index contributed by atoms with van der Waals surface area (Å²) in [5.74, 6) is 0.275. The number of amides is 1. The van der Waals surface area contributed by atoms with Crippen LogP contribution in [-0.4, -0.2) is 54.9 Å². The monoisotopic (exact) mass is 350 g/mol. The first-order valence-corrected chi connectivity index (χ1v) is 8.54. The zero-order chi connectivity index (χ0) is 17.8. The first kappa shape index (κ1) is 17.6. The Balaban J connectivity index is 1.67. The summed E-state index contributed by atoms with van der Waals surface area (Å²) in [4.78, 5) is 25.1. The third-order valence-corrected chi connectivity index (χ3v) is 4.56. The number of hydrogen-bond donors (Lipinski definition) is 0. The Hall–Kier alpha value is -2.19. The van der Waals surface area contributed by atoms with E-state index in [-0.39, 0.29) is 23.6 Å². The molecule has 0 aliphatic carbocycles. The van der Waals surface area contributed by atoms with Crippen molar-refractivity contribution in [2.24, 2.45) is 5.92 Å². The normalized spacial score (nSPS) is 19.2. The van der Waals surface area contributed by atoms with Crippen molar-refractivity contribution in [3.8, 4) is 5.75 Å². The van der Waals surface area contributed by atoms with Crippen molar-refractivity contribution in [1.82, 2.24) is 4.90 Å². The minimum Gasteiger partial charge on any atom is -0.487 e.